The van der Waals surface area contributed by atoms with E-state index in [-0.39, 0.29) is 11.9 Å². The van der Waals surface area contributed by atoms with Crippen molar-refractivity contribution in [3.8, 4) is 0 Å². The first-order valence-corrected chi connectivity index (χ1v) is 14.0. The summed E-state index contributed by atoms with van der Waals surface area (Å²) in [7, 11) is 0. The molecule has 0 spiro atoms. The van der Waals surface area contributed by atoms with Gasteiger partial charge < -0.3 is 9.47 Å². The van der Waals surface area contributed by atoms with Crippen molar-refractivity contribution in [3.05, 3.63) is 164 Å². The van der Waals surface area contributed by atoms with E-state index in [1.54, 1.807) is 36.4 Å². The van der Waals surface area contributed by atoms with Crippen LogP contribution in [0.4, 0.5) is 0 Å². The second-order valence-corrected chi connectivity index (χ2v) is 10.6. The lowest BCUT2D eigenvalue weighted by atomic mass is 10.0. The summed E-state index contributed by atoms with van der Waals surface area (Å²) >= 11 is 12.0. The molecule has 0 saturated carbocycles. The minimum Gasteiger partial charge on any atom is -0.422 e. The zero-order valence-corrected chi connectivity index (χ0v) is 24.4. The third-order valence-corrected chi connectivity index (χ3v) is 7.11. The maximum atomic E-state index is 12.1. The number of carbonyl (C=O) groups is 2. The minimum atomic E-state index is -0.383. The molecule has 0 saturated heterocycles. The maximum absolute atomic E-state index is 12.1. The van der Waals surface area contributed by atoms with E-state index in [1.807, 2.05) is 92.7 Å². The van der Waals surface area contributed by atoms with Gasteiger partial charge in [0, 0.05) is 21.2 Å². The SMILES string of the molecule is Cc1ccc(C2=C/C(=C/c3ccc(Cl)cc3Cl)C(=O)O2)c(C)c1.O=C1OC(c2ccccc2)=C/C1=C/c1ccccc1. The Morgan fingerprint density at radius 1 is 0.643 bits per heavy atom. The standard InChI is InChI=1S/C19H14Cl2O2.C17H12O2/c1-11-3-6-16(12(2)7-11)18-9-14(19(22)23-18)8-13-4-5-15(20)10-17(13)21;18-17-15(11-13-7-3-1-4-8-13)12-16(19-17)14-9-5-2-6-10-14/h3-10H,1-2H3;1-12H/b14-8-;15-11-. The van der Waals surface area contributed by atoms with E-state index in [0.29, 0.717) is 32.7 Å². The first-order valence-electron chi connectivity index (χ1n) is 13.2. The summed E-state index contributed by atoms with van der Waals surface area (Å²) < 4.78 is 10.7. The molecule has 42 heavy (non-hydrogen) atoms. The van der Waals surface area contributed by atoms with Gasteiger partial charge in [-0.1, -0.05) is 114 Å². The topological polar surface area (TPSA) is 52.6 Å². The molecule has 6 rings (SSSR count). The molecule has 208 valence electrons. The van der Waals surface area contributed by atoms with Crippen LogP contribution in [0.25, 0.3) is 23.7 Å². The van der Waals surface area contributed by atoms with E-state index in [0.717, 1.165) is 27.8 Å². The Hall–Kier alpha value is -4.64. The first kappa shape index (κ1) is 28.9. The van der Waals surface area contributed by atoms with Gasteiger partial charge in [0.1, 0.15) is 11.5 Å². The highest BCUT2D eigenvalue weighted by atomic mass is 35.5. The quantitative estimate of drug-likeness (QED) is 0.175. The fourth-order valence-corrected chi connectivity index (χ4v) is 4.92. The highest BCUT2D eigenvalue weighted by Gasteiger charge is 2.23. The molecule has 2 heterocycles. The van der Waals surface area contributed by atoms with Gasteiger partial charge in [-0.15, -0.1) is 0 Å². The second-order valence-electron chi connectivity index (χ2n) is 9.76. The van der Waals surface area contributed by atoms with Crippen molar-refractivity contribution in [2.45, 2.75) is 13.8 Å². The lowest BCUT2D eigenvalue weighted by Crippen LogP contribution is -1.98. The summed E-state index contributed by atoms with van der Waals surface area (Å²) in [6, 6.07) is 30.5. The van der Waals surface area contributed by atoms with Crippen LogP contribution in [0.1, 0.15) is 33.4 Å². The van der Waals surface area contributed by atoms with Crippen molar-refractivity contribution in [1.29, 1.82) is 0 Å². The zero-order chi connectivity index (χ0) is 29.6. The van der Waals surface area contributed by atoms with Crippen molar-refractivity contribution in [2.24, 2.45) is 0 Å². The monoisotopic (exact) mass is 592 g/mol. The van der Waals surface area contributed by atoms with E-state index in [1.165, 1.54) is 5.56 Å². The lowest BCUT2D eigenvalue weighted by Gasteiger charge is -2.06. The van der Waals surface area contributed by atoms with Gasteiger partial charge in [-0.2, -0.15) is 0 Å². The molecule has 2 aliphatic rings. The lowest BCUT2D eigenvalue weighted by molar-refractivity contribution is -0.131. The normalized spacial score (nSPS) is 16.0. The number of hydrogen-bond acceptors (Lipinski definition) is 4. The van der Waals surface area contributed by atoms with Gasteiger partial charge >= 0.3 is 11.9 Å². The smallest absolute Gasteiger partial charge is 0.343 e. The molecule has 0 unspecified atom stereocenters. The fraction of sp³-hybridized carbons (Fsp3) is 0.0556. The molecule has 0 radical (unpaired) electrons. The molecule has 0 aliphatic carbocycles. The highest BCUT2D eigenvalue weighted by Crippen LogP contribution is 2.31. The summed E-state index contributed by atoms with van der Waals surface area (Å²) in [6.07, 6.45) is 7.06. The minimum absolute atomic E-state index is 0.303. The Morgan fingerprint density at radius 3 is 1.93 bits per heavy atom. The van der Waals surface area contributed by atoms with Gasteiger partial charge in [-0.25, -0.2) is 9.59 Å². The van der Waals surface area contributed by atoms with Crippen molar-refractivity contribution in [1.82, 2.24) is 0 Å². The van der Waals surface area contributed by atoms with Crippen LogP contribution in [-0.4, -0.2) is 11.9 Å². The third-order valence-electron chi connectivity index (χ3n) is 6.55. The number of halogens is 2. The summed E-state index contributed by atoms with van der Waals surface area (Å²) in [5.41, 5.74) is 6.80. The largest absolute Gasteiger partial charge is 0.422 e. The molecule has 0 bridgehead atoms. The molecule has 0 amide bonds. The molecular weight excluding hydrogens is 567 g/mol. The van der Waals surface area contributed by atoms with Crippen molar-refractivity contribution in [3.63, 3.8) is 0 Å². The highest BCUT2D eigenvalue weighted by molar-refractivity contribution is 6.35. The Labute approximate surface area is 254 Å². The molecule has 0 N–H and O–H groups in total. The van der Waals surface area contributed by atoms with Gasteiger partial charge in [-0.05, 0) is 67.0 Å². The molecule has 0 atom stereocenters. The summed E-state index contributed by atoms with van der Waals surface area (Å²) in [5, 5.41) is 1.05. The van der Waals surface area contributed by atoms with Crippen molar-refractivity contribution < 1.29 is 19.1 Å². The number of ether oxygens (including phenoxy) is 2. The van der Waals surface area contributed by atoms with Crippen LogP contribution in [0, 0.1) is 13.8 Å². The molecule has 2 aliphatic heterocycles. The molecule has 6 heteroatoms. The van der Waals surface area contributed by atoms with Crippen LogP contribution in [0.2, 0.25) is 10.0 Å². The number of hydrogen-bond donors (Lipinski definition) is 0. The molecule has 0 fully saturated rings. The Morgan fingerprint density at radius 2 is 1.26 bits per heavy atom. The summed E-state index contributed by atoms with van der Waals surface area (Å²) in [5.74, 6) is 0.477. The number of carbonyl (C=O) groups excluding carboxylic acids is 2. The van der Waals surface area contributed by atoms with E-state index >= 15 is 0 Å². The fourth-order valence-electron chi connectivity index (χ4n) is 4.46. The van der Waals surface area contributed by atoms with Crippen LogP contribution < -0.4 is 0 Å². The van der Waals surface area contributed by atoms with E-state index in [2.05, 4.69) is 6.07 Å². The molecule has 0 aromatic heterocycles. The average molecular weight is 594 g/mol. The van der Waals surface area contributed by atoms with Crippen molar-refractivity contribution in [2.75, 3.05) is 0 Å². The van der Waals surface area contributed by atoms with Crippen LogP contribution in [0.5, 0.6) is 0 Å². The summed E-state index contributed by atoms with van der Waals surface area (Å²) in [4.78, 5) is 23.9. The van der Waals surface area contributed by atoms with E-state index in [4.69, 9.17) is 32.7 Å². The van der Waals surface area contributed by atoms with Crippen LogP contribution in [0.3, 0.4) is 0 Å². The van der Waals surface area contributed by atoms with Gasteiger partial charge in [0.25, 0.3) is 0 Å². The first-order chi connectivity index (χ1) is 20.3. The molecular formula is C36H26Cl2O4. The predicted octanol–water partition coefficient (Wildman–Crippen LogP) is 9.26. The van der Waals surface area contributed by atoms with Crippen LogP contribution in [-0.2, 0) is 19.1 Å². The molecule has 4 aromatic rings. The zero-order valence-electron chi connectivity index (χ0n) is 22.9. The van der Waals surface area contributed by atoms with E-state index in [9.17, 15) is 9.59 Å². The van der Waals surface area contributed by atoms with Gasteiger partial charge in [0.15, 0.2) is 0 Å². The van der Waals surface area contributed by atoms with Gasteiger partial charge in [0.2, 0.25) is 0 Å². The maximum Gasteiger partial charge on any atom is 0.343 e. The van der Waals surface area contributed by atoms with Crippen LogP contribution in [0.15, 0.2) is 120 Å². The Balaban J connectivity index is 0.000000171. The van der Waals surface area contributed by atoms with E-state index < -0.39 is 0 Å². The number of benzene rings is 4. The number of esters is 2. The molecule has 4 nitrogen and oxygen atoms in total. The van der Waals surface area contributed by atoms with Crippen LogP contribution >= 0.6 is 23.2 Å². The second kappa shape index (κ2) is 12.9. The summed E-state index contributed by atoms with van der Waals surface area (Å²) in [6.45, 7) is 4.02. The predicted molar refractivity (Wildman–Crippen MR) is 169 cm³/mol. The average Bonchev–Trinajstić information content (AvgIpc) is 3.53. The Bertz CT molecular complexity index is 1780. The van der Waals surface area contributed by atoms with Gasteiger partial charge in [-0.3, -0.25) is 0 Å². The molecule has 4 aromatic carbocycles. The number of aryl methyl sites for hydroxylation is 2. The van der Waals surface area contributed by atoms with Gasteiger partial charge in [0.05, 0.1) is 11.1 Å². The Kier molecular flexibility index (Phi) is 8.87. The van der Waals surface area contributed by atoms with Crippen molar-refractivity contribution >= 4 is 58.8 Å². The number of cyclic esters (lactones) is 2. The third kappa shape index (κ3) is 6.98. The number of rotatable bonds is 4.